The van der Waals surface area contributed by atoms with Gasteiger partial charge in [-0.2, -0.15) is 18.2 Å². The summed E-state index contributed by atoms with van der Waals surface area (Å²) in [6.07, 6.45) is -4.61. The minimum Gasteiger partial charge on any atom is -0.353 e. The second-order valence-electron chi connectivity index (χ2n) is 5.05. The molecule has 3 rings (SSSR count). The Balaban J connectivity index is 1.73. The van der Waals surface area contributed by atoms with E-state index in [4.69, 9.17) is 4.52 Å². The molecule has 0 aliphatic heterocycles. The summed E-state index contributed by atoms with van der Waals surface area (Å²) >= 11 is 0. The van der Waals surface area contributed by atoms with Crippen molar-refractivity contribution < 1.29 is 27.0 Å². The van der Waals surface area contributed by atoms with Gasteiger partial charge in [-0.05, 0) is 12.5 Å². The van der Waals surface area contributed by atoms with Gasteiger partial charge in [0.05, 0.1) is 5.69 Å². The first-order valence-electron chi connectivity index (χ1n) is 6.79. The van der Waals surface area contributed by atoms with E-state index in [0.29, 0.717) is 16.8 Å². The predicted octanol–water partition coefficient (Wildman–Crippen LogP) is 3.48. The first kappa shape index (κ1) is 15.9. The van der Waals surface area contributed by atoms with Crippen LogP contribution in [-0.4, -0.2) is 21.1 Å². The number of alkyl halides is 3. The standard InChI is InChI=1S/C15H10F3N3O3/c1-8-6-12(23-20-8)11(22)7-9-2-4-10(5-3-9)13-19-14(24-21-13)15(16,17)18/h2-6H,7H2,1H3. The molecular weight excluding hydrogens is 327 g/mol. The summed E-state index contributed by atoms with van der Waals surface area (Å²) in [7, 11) is 0. The lowest BCUT2D eigenvalue weighted by molar-refractivity contribution is -0.159. The smallest absolute Gasteiger partial charge is 0.353 e. The fourth-order valence-electron chi connectivity index (χ4n) is 2.00. The Hall–Kier alpha value is -2.97. The molecule has 0 amide bonds. The molecule has 1 aromatic carbocycles. The van der Waals surface area contributed by atoms with Gasteiger partial charge in [0.15, 0.2) is 0 Å². The van der Waals surface area contributed by atoms with Crippen LogP contribution >= 0.6 is 0 Å². The fourth-order valence-corrected chi connectivity index (χ4v) is 2.00. The van der Waals surface area contributed by atoms with E-state index in [9.17, 15) is 18.0 Å². The lowest BCUT2D eigenvalue weighted by Gasteiger charge is -2.00. The average Bonchev–Trinajstić information content (AvgIpc) is 3.16. The molecule has 124 valence electrons. The van der Waals surface area contributed by atoms with Gasteiger partial charge in [-0.3, -0.25) is 4.79 Å². The number of nitrogens with zero attached hydrogens (tertiary/aromatic N) is 3. The molecule has 0 unspecified atom stereocenters. The molecule has 0 atom stereocenters. The highest BCUT2D eigenvalue weighted by molar-refractivity contribution is 5.95. The van der Waals surface area contributed by atoms with Crippen LogP contribution in [0, 0.1) is 6.92 Å². The van der Waals surface area contributed by atoms with Gasteiger partial charge in [-0.1, -0.05) is 34.6 Å². The molecule has 2 aromatic heterocycles. The molecule has 0 saturated carbocycles. The number of rotatable bonds is 4. The summed E-state index contributed by atoms with van der Waals surface area (Å²) in [5.74, 6) is -1.67. The van der Waals surface area contributed by atoms with Crippen LogP contribution in [0.4, 0.5) is 13.2 Å². The molecule has 0 saturated heterocycles. The van der Waals surface area contributed by atoms with Crippen molar-refractivity contribution in [1.82, 2.24) is 15.3 Å². The number of hydrogen-bond acceptors (Lipinski definition) is 6. The van der Waals surface area contributed by atoms with Crippen molar-refractivity contribution in [2.75, 3.05) is 0 Å². The van der Waals surface area contributed by atoms with Crippen LogP contribution in [0.2, 0.25) is 0 Å². The number of halogens is 3. The summed E-state index contributed by atoms with van der Waals surface area (Å²) < 4.78 is 46.4. The monoisotopic (exact) mass is 337 g/mol. The third kappa shape index (κ3) is 3.34. The van der Waals surface area contributed by atoms with Crippen molar-refractivity contribution >= 4 is 5.78 Å². The molecule has 2 heterocycles. The lowest BCUT2D eigenvalue weighted by atomic mass is 10.1. The molecule has 0 aliphatic carbocycles. The number of ketones is 1. The molecule has 0 N–H and O–H groups in total. The second kappa shape index (κ2) is 5.91. The van der Waals surface area contributed by atoms with E-state index >= 15 is 0 Å². The third-order valence-corrected chi connectivity index (χ3v) is 3.15. The molecule has 0 aliphatic rings. The molecule has 0 fully saturated rings. The van der Waals surface area contributed by atoms with Crippen molar-refractivity contribution in [2.45, 2.75) is 19.5 Å². The molecular formula is C15H10F3N3O3. The van der Waals surface area contributed by atoms with Crippen LogP contribution in [0.5, 0.6) is 0 Å². The Morgan fingerprint density at radius 2 is 1.83 bits per heavy atom. The summed E-state index contributed by atoms with van der Waals surface area (Å²) in [5.41, 5.74) is 1.62. The number of aryl methyl sites for hydroxylation is 1. The van der Waals surface area contributed by atoms with E-state index in [0.717, 1.165) is 0 Å². The van der Waals surface area contributed by atoms with Gasteiger partial charge in [0.25, 0.3) is 0 Å². The quantitative estimate of drug-likeness (QED) is 0.678. The summed E-state index contributed by atoms with van der Waals surface area (Å²) in [6, 6.07) is 7.76. The van der Waals surface area contributed by atoms with Gasteiger partial charge in [0.2, 0.25) is 17.4 Å². The minimum atomic E-state index is -4.69. The van der Waals surface area contributed by atoms with Crippen molar-refractivity contribution in [2.24, 2.45) is 0 Å². The van der Waals surface area contributed by atoms with Crippen LogP contribution in [0.15, 0.2) is 39.4 Å². The maximum absolute atomic E-state index is 12.4. The maximum atomic E-state index is 12.4. The van der Waals surface area contributed by atoms with Crippen molar-refractivity contribution in [1.29, 1.82) is 0 Å². The van der Waals surface area contributed by atoms with Gasteiger partial charge in [-0.15, -0.1) is 0 Å². The SMILES string of the molecule is Cc1cc(C(=O)Cc2ccc(-c3noc(C(F)(F)F)n3)cc2)on1. The zero-order chi connectivity index (χ0) is 17.3. The molecule has 6 nitrogen and oxygen atoms in total. The van der Waals surface area contributed by atoms with Gasteiger partial charge < -0.3 is 9.05 Å². The van der Waals surface area contributed by atoms with E-state index in [1.165, 1.54) is 18.2 Å². The number of hydrogen-bond donors (Lipinski definition) is 0. The first-order chi connectivity index (χ1) is 11.3. The van der Waals surface area contributed by atoms with Crippen LogP contribution < -0.4 is 0 Å². The maximum Gasteiger partial charge on any atom is 0.471 e. The Bertz CT molecular complexity index is 866. The lowest BCUT2D eigenvalue weighted by Crippen LogP contribution is -2.04. The van der Waals surface area contributed by atoms with Crippen LogP contribution in [0.1, 0.15) is 27.7 Å². The van der Waals surface area contributed by atoms with Crippen molar-refractivity contribution in [3.8, 4) is 11.4 Å². The normalized spacial score (nSPS) is 11.7. The second-order valence-corrected chi connectivity index (χ2v) is 5.05. The Morgan fingerprint density at radius 3 is 2.38 bits per heavy atom. The predicted molar refractivity (Wildman–Crippen MR) is 74.0 cm³/mol. The van der Waals surface area contributed by atoms with E-state index in [1.54, 1.807) is 19.1 Å². The average molecular weight is 337 g/mol. The third-order valence-electron chi connectivity index (χ3n) is 3.15. The van der Waals surface area contributed by atoms with E-state index in [2.05, 4.69) is 19.8 Å². The van der Waals surface area contributed by atoms with E-state index in [-0.39, 0.29) is 23.8 Å². The Morgan fingerprint density at radius 1 is 1.12 bits per heavy atom. The summed E-state index contributed by atoms with van der Waals surface area (Å²) in [4.78, 5) is 15.3. The number of aromatic nitrogens is 3. The fraction of sp³-hybridized carbons (Fsp3) is 0.200. The molecule has 0 spiro atoms. The van der Waals surface area contributed by atoms with E-state index < -0.39 is 12.1 Å². The van der Waals surface area contributed by atoms with Crippen molar-refractivity contribution in [3.63, 3.8) is 0 Å². The zero-order valence-corrected chi connectivity index (χ0v) is 12.3. The van der Waals surface area contributed by atoms with Gasteiger partial charge in [-0.25, -0.2) is 0 Å². The molecule has 0 radical (unpaired) electrons. The molecule has 24 heavy (non-hydrogen) atoms. The topological polar surface area (TPSA) is 82.0 Å². The number of carbonyl (C=O) groups is 1. The first-order valence-corrected chi connectivity index (χ1v) is 6.79. The van der Waals surface area contributed by atoms with E-state index in [1.807, 2.05) is 0 Å². The van der Waals surface area contributed by atoms with Crippen LogP contribution in [-0.2, 0) is 12.6 Å². The van der Waals surface area contributed by atoms with Gasteiger partial charge >= 0.3 is 12.1 Å². The molecule has 3 aromatic rings. The summed E-state index contributed by atoms with van der Waals surface area (Å²) in [5, 5.41) is 6.94. The molecule has 0 bridgehead atoms. The number of Topliss-reactive ketones (excluding diaryl/α,β-unsaturated/α-hetero) is 1. The summed E-state index contributed by atoms with van der Waals surface area (Å²) in [6.45, 7) is 1.70. The number of benzene rings is 1. The van der Waals surface area contributed by atoms with Gasteiger partial charge in [0.1, 0.15) is 0 Å². The minimum absolute atomic E-state index is 0.0783. The Labute approximate surface area is 133 Å². The highest BCUT2D eigenvalue weighted by atomic mass is 19.4. The zero-order valence-electron chi connectivity index (χ0n) is 12.3. The van der Waals surface area contributed by atoms with Crippen molar-refractivity contribution in [3.05, 3.63) is 53.2 Å². The number of carbonyl (C=O) groups excluding carboxylic acids is 1. The highest BCUT2D eigenvalue weighted by Crippen LogP contribution is 2.29. The largest absolute Gasteiger partial charge is 0.471 e. The molecule has 9 heteroatoms. The Kier molecular flexibility index (Phi) is 3.92. The highest BCUT2D eigenvalue weighted by Gasteiger charge is 2.38. The van der Waals surface area contributed by atoms with Gasteiger partial charge in [0, 0.05) is 18.1 Å². The van der Waals surface area contributed by atoms with Crippen LogP contribution in [0.25, 0.3) is 11.4 Å². The van der Waals surface area contributed by atoms with Crippen LogP contribution in [0.3, 0.4) is 0 Å².